The molecule has 1 N–H and O–H groups in total. The second-order valence-electron chi connectivity index (χ2n) is 5.02. The average molecular weight is 427 g/mol. The summed E-state index contributed by atoms with van der Waals surface area (Å²) in [5.74, 6) is 0. The van der Waals surface area contributed by atoms with Crippen molar-refractivity contribution >= 4 is 51.9 Å². The van der Waals surface area contributed by atoms with E-state index in [2.05, 4.69) is 10.5 Å². The van der Waals surface area contributed by atoms with Gasteiger partial charge >= 0.3 is 6.18 Å². The van der Waals surface area contributed by atoms with Gasteiger partial charge in [0.05, 0.1) is 31.3 Å². The SMILES string of the molecule is CC(=NNc1ccc(C(F)(F)F)cc1[N+](=O)[O-])c1ccc(Cl)c(Cl)c1Cl. The Morgan fingerprint density at radius 2 is 1.81 bits per heavy atom. The largest absolute Gasteiger partial charge is 0.416 e. The van der Waals surface area contributed by atoms with E-state index in [0.29, 0.717) is 23.4 Å². The molecule has 0 aliphatic rings. The fraction of sp³-hybridized carbons (Fsp3) is 0.133. The lowest BCUT2D eigenvalue weighted by Crippen LogP contribution is -2.07. The summed E-state index contributed by atoms with van der Waals surface area (Å²) >= 11 is 17.8. The highest BCUT2D eigenvalue weighted by Gasteiger charge is 2.33. The molecule has 5 nitrogen and oxygen atoms in total. The summed E-state index contributed by atoms with van der Waals surface area (Å²) in [5.41, 5.74) is 0.964. The molecule has 2 aromatic carbocycles. The number of alkyl halides is 3. The first-order valence-corrected chi connectivity index (χ1v) is 7.95. The van der Waals surface area contributed by atoms with E-state index in [0.717, 1.165) is 6.07 Å². The first-order valence-electron chi connectivity index (χ1n) is 6.82. The maximum absolute atomic E-state index is 12.7. The highest BCUT2D eigenvalue weighted by molar-refractivity contribution is 6.49. The van der Waals surface area contributed by atoms with E-state index in [1.165, 1.54) is 19.1 Å². The molecule has 0 unspecified atom stereocenters. The molecular weight excluding hydrogens is 418 g/mol. The minimum atomic E-state index is -4.70. The summed E-state index contributed by atoms with van der Waals surface area (Å²) < 4.78 is 38.1. The Morgan fingerprint density at radius 1 is 1.15 bits per heavy atom. The van der Waals surface area contributed by atoms with Crippen LogP contribution in [0.25, 0.3) is 0 Å². The number of nitrogens with zero attached hydrogens (tertiary/aromatic N) is 2. The van der Waals surface area contributed by atoms with E-state index < -0.39 is 22.4 Å². The van der Waals surface area contributed by atoms with Crippen LogP contribution in [0.5, 0.6) is 0 Å². The summed E-state index contributed by atoms with van der Waals surface area (Å²) in [7, 11) is 0. The first-order chi connectivity index (χ1) is 12.0. The molecule has 0 amide bonds. The van der Waals surface area contributed by atoms with Gasteiger partial charge in [0.1, 0.15) is 5.69 Å². The molecule has 0 saturated heterocycles. The van der Waals surface area contributed by atoms with E-state index in [1.807, 2.05) is 0 Å². The van der Waals surface area contributed by atoms with Crippen LogP contribution >= 0.6 is 34.8 Å². The number of anilines is 1. The number of hydrogen-bond donors (Lipinski definition) is 1. The monoisotopic (exact) mass is 425 g/mol. The topological polar surface area (TPSA) is 67.5 Å². The van der Waals surface area contributed by atoms with Crippen LogP contribution in [0.1, 0.15) is 18.1 Å². The molecule has 0 bridgehead atoms. The number of halogens is 6. The molecule has 0 saturated carbocycles. The normalized spacial score (nSPS) is 12.2. The summed E-state index contributed by atoms with van der Waals surface area (Å²) in [6.45, 7) is 1.54. The average Bonchev–Trinajstić information content (AvgIpc) is 2.56. The summed E-state index contributed by atoms with van der Waals surface area (Å²) in [6.07, 6.45) is -4.70. The number of hydrogen-bond acceptors (Lipinski definition) is 4. The molecule has 0 aromatic heterocycles. The zero-order chi connectivity index (χ0) is 19.6. The van der Waals surface area contributed by atoms with Crippen LogP contribution in [-0.4, -0.2) is 10.6 Å². The zero-order valence-corrected chi connectivity index (χ0v) is 15.1. The van der Waals surface area contributed by atoms with E-state index in [1.54, 1.807) is 0 Å². The van der Waals surface area contributed by atoms with Gasteiger partial charge in [-0.15, -0.1) is 0 Å². The third-order valence-electron chi connectivity index (χ3n) is 3.29. The van der Waals surface area contributed by atoms with Gasteiger partial charge in [0.25, 0.3) is 5.69 Å². The summed E-state index contributed by atoms with van der Waals surface area (Å²) in [4.78, 5) is 10.1. The second-order valence-corrected chi connectivity index (χ2v) is 6.18. The molecule has 0 fully saturated rings. The van der Waals surface area contributed by atoms with Gasteiger partial charge in [0.15, 0.2) is 0 Å². The van der Waals surface area contributed by atoms with Crippen molar-refractivity contribution in [3.63, 3.8) is 0 Å². The fourth-order valence-electron chi connectivity index (χ4n) is 1.96. The highest BCUT2D eigenvalue weighted by Crippen LogP contribution is 2.35. The summed E-state index contributed by atoms with van der Waals surface area (Å²) in [5, 5.41) is 15.5. The van der Waals surface area contributed by atoms with Crippen LogP contribution in [-0.2, 0) is 6.18 Å². The van der Waals surface area contributed by atoms with Gasteiger partial charge < -0.3 is 0 Å². The Bertz CT molecular complexity index is 902. The van der Waals surface area contributed by atoms with Crippen LogP contribution in [0.4, 0.5) is 24.5 Å². The fourth-order valence-corrected chi connectivity index (χ4v) is 2.64. The molecule has 0 aliphatic carbocycles. The van der Waals surface area contributed by atoms with Gasteiger partial charge in [-0.3, -0.25) is 15.5 Å². The molecule has 2 aromatic rings. The zero-order valence-electron chi connectivity index (χ0n) is 12.9. The third kappa shape index (κ3) is 4.38. The van der Waals surface area contributed by atoms with E-state index >= 15 is 0 Å². The minimum absolute atomic E-state index is 0.112. The van der Waals surface area contributed by atoms with Crippen molar-refractivity contribution in [2.24, 2.45) is 5.10 Å². The molecule has 138 valence electrons. The molecule has 2 rings (SSSR count). The van der Waals surface area contributed by atoms with E-state index in [4.69, 9.17) is 34.8 Å². The van der Waals surface area contributed by atoms with Gasteiger partial charge in [-0.25, -0.2) is 0 Å². The van der Waals surface area contributed by atoms with Gasteiger partial charge in [0.2, 0.25) is 0 Å². The van der Waals surface area contributed by atoms with Crippen molar-refractivity contribution in [3.05, 3.63) is 66.6 Å². The lowest BCUT2D eigenvalue weighted by molar-refractivity contribution is -0.384. The smallest absolute Gasteiger partial charge is 0.271 e. The quantitative estimate of drug-likeness (QED) is 0.266. The second kappa shape index (κ2) is 7.69. The van der Waals surface area contributed by atoms with E-state index in [9.17, 15) is 23.3 Å². The van der Waals surface area contributed by atoms with Crippen molar-refractivity contribution in [3.8, 4) is 0 Å². The number of nitro groups is 1. The standard InChI is InChI=1S/C15H9Cl3F3N3O2/c1-7(9-3-4-10(16)14(18)13(9)17)22-23-11-5-2-8(15(19,20)21)6-12(11)24(25)26/h2-6,23H,1H3. The summed E-state index contributed by atoms with van der Waals surface area (Å²) in [6, 6.07) is 5.10. The maximum atomic E-state index is 12.7. The van der Waals surface area contributed by atoms with Crippen LogP contribution in [0.15, 0.2) is 35.4 Å². The molecular formula is C15H9Cl3F3N3O2. The Labute approximate surface area is 160 Å². The Balaban J connectivity index is 2.38. The molecule has 0 aliphatic heterocycles. The Morgan fingerprint density at radius 3 is 2.38 bits per heavy atom. The van der Waals surface area contributed by atoms with Crippen LogP contribution < -0.4 is 5.43 Å². The Kier molecular flexibility index (Phi) is 6.00. The number of benzene rings is 2. The maximum Gasteiger partial charge on any atom is 0.416 e. The van der Waals surface area contributed by atoms with Gasteiger partial charge in [-0.05, 0) is 25.1 Å². The van der Waals surface area contributed by atoms with Gasteiger partial charge in [-0.1, -0.05) is 40.9 Å². The van der Waals surface area contributed by atoms with Crippen LogP contribution in [0, 0.1) is 10.1 Å². The lowest BCUT2D eigenvalue weighted by atomic mass is 10.1. The van der Waals surface area contributed by atoms with Crippen molar-refractivity contribution in [2.45, 2.75) is 13.1 Å². The molecule has 11 heteroatoms. The highest BCUT2D eigenvalue weighted by atomic mass is 35.5. The lowest BCUT2D eigenvalue weighted by Gasteiger charge is -2.10. The molecule has 0 radical (unpaired) electrons. The van der Waals surface area contributed by atoms with Crippen molar-refractivity contribution < 1.29 is 18.1 Å². The van der Waals surface area contributed by atoms with Crippen LogP contribution in [0.3, 0.4) is 0 Å². The Hall–Kier alpha value is -2.03. The number of hydrazone groups is 1. The van der Waals surface area contributed by atoms with E-state index in [-0.39, 0.29) is 20.8 Å². The van der Waals surface area contributed by atoms with Crippen molar-refractivity contribution in [1.29, 1.82) is 0 Å². The predicted molar refractivity (Wildman–Crippen MR) is 95.4 cm³/mol. The number of nitrogens with one attached hydrogen (secondary N) is 1. The molecule has 26 heavy (non-hydrogen) atoms. The van der Waals surface area contributed by atoms with Crippen molar-refractivity contribution in [1.82, 2.24) is 0 Å². The van der Waals surface area contributed by atoms with Crippen molar-refractivity contribution in [2.75, 3.05) is 5.43 Å². The van der Waals surface area contributed by atoms with Gasteiger partial charge in [-0.2, -0.15) is 18.3 Å². The van der Waals surface area contributed by atoms with Crippen LogP contribution in [0.2, 0.25) is 15.1 Å². The molecule has 0 atom stereocenters. The number of nitro benzene ring substituents is 1. The minimum Gasteiger partial charge on any atom is -0.271 e. The van der Waals surface area contributed by atoms with Gasteiger partial charge in [0, 0.05) is 11.6 Å². The number of rotatable bonds is 4. The predicted octanol–water partition coefficient (Wildman–Crippen LogP) is 6.41. The molecule has 0 spiro atoms. The third-order valence-corrected chi connectivity index (χ3v) is 4.58. The first kappa shape index (κ1) is 20.3. The molecule has 0 heterocycles.